The average molecular weight is 487 g/mol. The Hall–Kier alpha value is -4.24. The number of nitrogens with one attached hydrogen (secondary N) is 1. The van der Waals surface area contributed by atoms with Gasteiger partial charge in [-0.3, -0.25) is 4.90 Å². The summed E-state index contributed by atoms with van der Waals surface area (Å²) in [6.45, 7) is 2.09. The summed E-state index contributed by atoms with van der Waals surface area (Å²) in [6.07, 6.45) is 0. The van der Waals surface area contributed by atoms with Crippen molar-refractivity contribution in [1.82, 2.24) is 15.5 Å². The van der Waals surface area contributed by atoms with E-state index in [0.717, 1.165) is 22.4 Å². The fourth-order valence-corrected chi connectivity index (χ4v) is 4.69. The number of nitrogens with zero attached hydrogens (tertiary/aromatic N) is 3. The van der Waals surface area contributed by atoms with E-state index in [2.05, 4.69) is 10.5 Å². The number of hydrogen-bond acceptors (Lipinski definition) is 6. The predicted octanol–water partition coefficient (Wildman–Crippen LogP) is 5.47. The van der Waals surface area contributed by atoms with Gasteiger partial charge in [0.05, 0.1) is 17.3 Å². The lowest BCUT2D eigenvalue weighted by Crippen LogP contribution is -2.46. The molecule has 1 aromatic heterocycles. The number of thiocarbonyl (C=S) groups is 1. The first kappa shape index (κ1) is 21.3. The molecular weight excluding hydrogens is 467 g/mol. The largest absolute Gasteiger partial charge is 0.454 e. The number of hydrogen-bond donors (Lipinski definition) is 1. The number of aromatic nitrogens is 2. The van der Waals surface area contributed by atoms with Crippen LogP contribution in [0.15, 0.2) is 83.0 Å². The van der Waals surface area contributed by atoms with Crippen molar-refractivity contribution < 1.29 is 18.4 Å². The maximum absolute atomic E-state index is 14.1. The van der Waals surface area contributed by atoms with Gasteiger partial charge in [0.25, 0.3) is 5.89 Å². The van der Waals surface area contributed by atoms with Gasteiger partial charge in [-0.1, -0.05) is 41.6 Å². The van der Waals surface area contributed by atoms with E-state index >= 15 is 0 Å². The van der Waals surface area contributed by atoms with Crippen molar-refractivity contribution in [2.75, 3.05) is 11.7 Å². The van der Waals surface area contributed by atoms with Crippen LogP contribution in [0, 0.1) is 5.82 Å². The highest BCUT2D eigenvalue weighted by atomic mass is 32.1. The highest BCUT2D eigenvalue weighted by molar-refractivity contribution is 7.80. The summed E-state index contributed by atoms with van der Waals surface area (Å²) in [6, 6.07) is 21.3. The minimum absolute atomic E-state index is 0.183. The van der Waals surface area contributed by atoms with Gasteiger partial charge in [0.15, 0.2) is 16.6 Å². The molecule has 1 unspecified atom stereocenters. The molecule has 9 heteroatoms. The molecule has 0 bridgehead atoms. The fraction of sp³-hybridized carbons (Fsp3) is 0.115. The first-order valence-electron chi connectivity index (χ1n) is 10.9. The van der Waals surface area contributed by atoms with Crippen molar-refractivity contribution in [1.29, 1.82) is 0 Å². The second kappa shape index (κ2) is 8.52. The molecule has 0 spiro atoms. The van der Waals surface area contributed by atoms with Gasteiger partial charge >= 0.3 is 0 Å². The fourth-order valence-electron chi connectivity index (χ4n) is 4.33. The number of halogens is 1. The molecule has 0 saturated heterocycles. The molecular formula is C26H19FN4O3S. The van der Waals surface area contributed by atoms with E-state index in [9.17, 15) is 4.39 Å². The zero-order chi connectivity index (χ0) is 23.9. The van der Waals surface area contributed by atoms with E-state index < -0.39 is 0 Å². The number of benzene rings is 3. The lowest BCUT2D eigenvalue weighted by molar-refractivity contribution is 0.174. The van der Waals surface area contributed by atoms with Crippen LogP contribution in [-0.4, -0.2) is 22.0 Å². The summed E-state index contributed by atoms with van der Waals surface area (Å²) >= 11 is 5.70. The molecule has 0 fully saturated rings. The maximum Gasteiger partial charge on any atom is 0.258 e. The van der Waals surface area contributed by atoms with E-state index in [4.69, 9.17) is 31.2 Å². The summed E-state index contributed by atoms with van der Waals surface area (Å²) in [7, 11) is 0. The Bertz CT molecular complexity index is 1470. The Kier molecular flexibility index (Phi) is 5.18. The maximum atomic E-state index is 14.1. The van der Waals surface area contributed by atoms with Crippen molar-refractivity contribution in [2.45, 2.75) is 13.0 Å². The molecule has 1 N–H and O–H groups in total. The van der Waals surface area contributed by atoms with Crippen molar-refractivity contribution in [3.05, 3.63) is 95.8 Å². The molecule has 4 aromatic rings. The van der Waals surface area contributed by atoms with Crippen LogP contribution in [-0.2, 0) is 0 Å². The summed E-state index contributed by atoms with van der Waals surface area (Å²) in [5.41, 5.74) is 3.81. The van der Waals surface area contributed by atoms with E-state index in [1.54, 1.807) is 17.0 Å². The second-order valence-electron chi connectivity index (χ2n) is 8.10. The van der Waals surface area contributed by atoms with Crippen LogP contribution < -0.4 is 19.7 Å². The predicted molar refractivity (Wildman–Crippen MR) is 132 cm³/mol. The molecule has 0 amide bonds. The minimum atomic E-state index is -0.354. The summed E-state index contributed by atoms with van der Waals surface area (Å²) < 4.78 is 30.7. The number of ether oxygens (including phenoxy) is 2. The van der Waals surface area contributed by atoms with Crippen LogP contribution in [0.4, 0.5) is 10.1 Å². The lowest BCUT2D eigenvalue weighted by atomic mass is 9.94. The van der Waals surface area contributed by atoms with E-state index in [-0.39, 0.29) is 18.7 Å². The molecule has 0 radical (unpaired) electrons. The number of fused-ring (bicyclic) bond motifs is 1. The minimum Gasteiger partial charge on any atom is -0.454 e. The molecule has 174 valence electrons. The van der Waals surface area contributed by atoms with Crippen molar-refractivity contribution in [3.8, 4) is 22.9 Å². The average Bonchev–Trinajstić information content (AvgIpc) is 3.54. The van der Waals surface area contributed by atoms with Gasteiger partial charge in [0.1, 0.15) is 5.82 Å². The van der Waals surface area contributed by atoms with Crippen LogP contribution in [0.1, 0.15) is 24.4 Å². The molecule has 3 heterocycles. The number of allylic oxidation sites excluding steroid dienone is 1. The van der Waals surface area contributed by atoms with E-state index in [0.29, 0.717) is 34.0 Å². The quantitative estimate of drug-likeness (QED) is 0.381. The Morgan fingerprint density at radius 2 is 1.83 bits per heavy atom. The summed E-state index contributed by atoms with van der Waals surface area (Å²) in [4.78, 5) is 6.49. The molecule has 2 aliphatic heterocycles. The molecule has 35 heavy (non-hydrogen) atoms. The smallest absolute Gasteiger partial charge is 0.258 e. The summed E-state index contributed by atoms with van der Waals surface area (Å²) in [5, 5.41) is 8.05. The molecule has 6 rings (SSSR count). The Morgan fingerprint density at radius 3 is 2.66 bits per heavy atom. The van der Waals surface area contributed by atoms with Crippen molar-refractivity contribution in [3.63, 3.8) is 0 Å². The Labute approximate surface area is 205 Å². The highest BCUT2D eigenvalue weighted by Crippen LogP contribution is 2.40. The van der Waals surface area contributed by atoms with Crippen LogP contribution in [0.5, 0.6) is 11.5 Å². The first-order chi connectivity index (χ1) is 17.1. The van der Waals surface area contributed by atoms with Crippen molar-refractivity contribution >= 4 is 28.6 Å². The van der Waals surface area contributed by atoms with E-state index in [1.807, 2.05) is 55.5 Å². The zero-order valence-corrected chi connectivity index (χ0v) is 19.4. The first-order valence-corrected chi connectivity index (χ1v) is 11.4. The standard InChI is InChI=1S/C26H19FN4O3S/c1-15-22(25-29-24(30-34-25)17-10-11-20-21(12-17)33-14-32-20)23(16-6-3-2-4-7-16)28-26(35)31(15)19-9-5-8-18(27)13-19/h2-13,23H,14H2,1H3,(H,28,35). The van der Waals surface area contributed by atoms with Gasteiger partial charge in [-0.25, -0.2) is 4.39 Å². The molecule has 1 atom stereocenters. The molecule has 2 aliphatic rings. The van der Waals surface area contributed by atoms with Crippen LogP contribution in [0.3, 0.4) is 0 Å². The molecule has 3 aromatic carbocycles. The Balaban J connectivity index is 1.47. The monoisotopic (exact) mass is 486 g/mol. The van der Waals surface area contributed by atoms with Gasteiger partial charge in [0.2, 0.25) is 12.6 Å². The third kappa shape index (κ3) is 3.79. The lowest BCUT2D eigenvalue weighted by Gasteiger charge is -2.37. The number of anilines is 1. The third-order valence-electron chi connectivity index (χ3n) is 5.97. The van der Waals surface area contributed by atoms with Crippen LogP contribution >= 0.6 is 12.2 Å². The topological polar surface area (TPSA) is 72.6 Å². The molecule has 7 nitrogen and oxygen atoms in total. The molecule has 0 saturated carbocycles. The SMILES string of the molecule is CC1=C(c2nc(-c3ccc4c(c3)OCO4)no2)C(c2ccccc2)NC(=S)N1c1cccc(F)c1. The Morgan fingerprint density at radius 1 is 1.00 bits per heavy atom. The third-order valence-corrected chi connectivity index (χ3v) is 6.27. The van der Waals surface area contributed by atoms with Gasteiger partial charge in [-0.05, 0) is 61.1 Å². The normalized spacial score (nSPS) is 17.0. The van der Waals surface area contributed by atoms with Crippen LogP contribution in [0.2, 0.25) is 0 Å². The highest BCUT2D eigenvalue weighted by Gasteiger charge is 2.35. The van der Waals surface area contributed by atoms with Gasteiger partial charge in [-0.2, -0.15) is 4.98 Å². The molecule has 0 aliphatic carbocycles. The van der Waals surface area contributed by atoms with E-state index in [1.165, 1.54) is 12.1 Å². The summed E-state index contributed by atoms with van der Waals surface area (Å²) in [5.74, 6) is 1.70. The van der Waals surface area contributed by atoms with Crippen LogP contribution in [0.25, 0.3) is 17.0 Å². The zero-order valence-electron chi connectivity index (χ0n) is 18.6. The van der Waals surface area contributed by atoms with Crippen molar-refractivity contribution in [2.24, 2.45) is 0 Å². The van der Waals surface area contributed by atoms with Gasteiger partial charge in [-0.15, -0.1) is 0 Å². The van der Waals surface area contributed by atoms with Gasteiger partial charge in [0, 0.05) is 11.3 Å². The van der Waals surface area contributed by atoms with Gasteiger partial charge < -0.3 is 19.3 Å². The second-order valence-corrected chi connectivity index (χ2v) is 8.49. The number of rotatable bonds is 4.